The lowest BCUT2D eigenvalue weighted by molar-refractivity contribution is -0.0451. The van der Waals surface area contributed by atoms with Crippen LogP contribution in [0.1, 0.15) is 66.2 Å². The molecule has 2 rings (SSSR count). The Bertz CT molecular complexity index is 287. The molecule has 2 aliphatic rings. The molecule has 0 aromatic heterocycles. The molecule has 3 atom stereocenters. The summed E-state index contributed by atoms with van der Waals surface area (Å²) in [6.45, 7) is 11.8. The monoisotopic (exact) mass is 252 g/mol. The smallest absolute Gasteiger partial charge is 0.0342 e. The molecule has 0 amide bonds. The number of hydrogen-bond acceptors (Lipinski definition) is 2. The quantitative estimate of drug-likeness (QED) is 0.816. The Hall–Kier alpha value is -0.0800. The molecule has 0 bridgehead atoms. The largest absolute Gasteiger partial charge is 0.329 e. The highest BCUT2D eigenvalue weighted by Crippen LogP contribution is 2.47. The van der Waals surface area contributed by atoms with Crippen molar-refractivity contribution in [2.45, 2.75) is 77.8 Å². The fourth-order valence-electron chi connectivity index (χ4n) is 4.99. The lowest BCUT2D eigenvalue weighted by Crippen LogP contribution is -2.62. The van der Waals surface area contributed by atoms with E-state index in [1.807, 2.05) is 0 Å². The van der Waals surface area contributed by atoms with Gasteiger partial charge in [-0.3, -0.25) is 4.90 Å². The number of rotatable bonds is 2. The van der Waals surface area contributed by atoms with Crippen molar-refractivity contribution < 1.29 is 0 Å². The van der Waals surface area contributed by atoms with Crippen LogP contribution < -0.4 is 5.73 Å². The predicted molar refractivity (Wildman–Crippen MR) is 78.6 cm³/mol. The molecule has 106 valence electrons. The van der Waals surface area contributed by atoms with Gasteiger partial charge in [0.05, 0.1) is 0 Å². The average molecular weight is 252 g/mol. The Morgan fingerprint density at radius 1 is 1.17 bits per heavy atom. The van der Waals surface area contributed by atoms with Gasteiger partial charge in [0.2, 0.25) is 0 Å². The minimum atomic E-state index is 0.279. The van der Waals surface area contributed by atoms with Crippen LogP contribution in [0.5, 0.6) is 0 Å². The maximum absolute atomic E-state index is 6.27. The van der Waals surface area contributed by atoms with Gasteiger partial charge in [0.1, 0.15) is 0 Å². The minimum absolute atomic E-state index is 0.279. The molecule has 0 radical (unpaired) electrons. The highest BCUT2D eigenvalue weighted by Gasteiger charge is 2.47. The van der Waals surface area contributed by atoms with Crippen molar-refractivity contribution in [3.8, 4) is 0 Å². The average Bonchev–Trinajstić information content (AvgIpc) is 2.26. The van der Waals surface area contributed by atoms with Crippen molar-refractivity contribution in [2.75, 3.05) is 13.1 Å². The molecule has 1 saturated heterocycles. The predicted octanol–water partition coefficient (Wildman–Crippen LogP) is 3.40. The molecule has 1 aliphatic carbocycles. The van der Waals surface area contributed by atoms with Gasteiger partial charge in [-0.15, -0.1) is 0 Å². The number of piperidine rings is 1. The number of nitrogens with zero attached hydrogens (tertiary/aromatic N) is 1. The molecular weight excluding hydrogens is 220 g/mol. The third-order valence-electron chi connectivity index (χ3n) is 5.23. The first-order chi connectivity index (χ1) is 8.38. The van der Waals surface area contributed by atoms with Crippen LogP contribution in [0.25, 0.3) is 0 Å². The minimum Gasteiger partial charge on any atom is -0.329 e. The van der Waals surface area contributed by atoms with E-state index in [9.17, 15) is 0 Å². The standard InChI is InChI=1S/C16H32N2/c1-13-9-15(3,4)11-16(10-13,12-17)18-8-6-5-7-14(18)2/h13-14H,5-12,17H2,1-4H3. The topological polar surface area (TPSA) is 29.3 Å². The van der Waals surface area contributed by atoms with Gasteiger partial charge in [-0.05, 0) is 56.9 Å². The highest BCUT2D eigenvalue weighted by molar-refractivity contribution is 5.03. The van der Waals surface area contributed by atoms with E-state index < -0.39 is 0 Å². The normalized spacial score (nSPS) is 41.8. The maximum Gasteiger partial charge on any atom is 0.0342 e. The van der Waals surface area contributed by atoms with Gasteiger partial charge < -0.3 is 5.73 Å². The van der Waals surface area contributed by atoms with E-state index in [0.29, 0.717) is 5.41 Å². The van der Waals surface area contributed by atoms with E-state index in [-0.39, 0.29) is 5.54 Å². The van der Waals surface area contributed by atoms with Crippen molar-refractivity contribution in [3.05, 3.63) is 0 Å². The van der Waals surface area contributed by atoms with Gasteiger partial charge in [-0.1, -0.05) is 27.2 Å². The summed E-state index contributed by atoms with van der Waals surface area (Å²) < 4.78 is 0. The zero-order chi connectivity index (χ0) is 13.4. The first-order valence-corrected chi connectivity index (χ1v) is 7.85. The van der Waals surface area contributed by atoms with E-state index in [2.05, 4.69) is 32.6 Å². The zero-order valence-corrected chi connectivity index (χ0v) is 12.8. The molecule has 2 nitrogen and oxygen atoms in total. The molecule has 18 heavy (non-hydrogen) atoms. The molecule has 3 unspecified atom stereocenters. The number of hydrogen-bond donors (Lipinski definition) is 1. The van der Waals surface area contributed by atoms with Crippen molar-refractivity contribution in [2.24, 2.45) is 17.1 Å². The highest BCUT2D eigenvalue weighted by atomic mass is 15.2. The van der Waals surface area contributed by atoms with E-state index in [1.165, 1.54) is 45.1 Å². The van der Waals surface area contributed by atoms with Gasteiger partial charge in [0, 0.05) is 18.1 Å². The first-order valence-electron chi connectivity index (χ1n) is 7.85. The molecule has 0 aromatic carbocycles. The lowest BCUT2D eigenvalue weighted by atomic mass is 9.63. The fourth-order valence-corrected chi connectivity index (χ4v) is 4.99. The number of likely N-dealkylation sites (tertiary alicyclic amines) is 1. The molecule has 0 aromatic rings. The van der Waals surface area contributed by atoms with Crippen LogP contribution in [0.2, 0.25) is 0 Å². The summed E-state index contributed by atoms with van der Waals surface area (Å²) in [5.74, 6) is 0.812. The van der Waals surface area contributed by atoms with E-state index in [1.54, 1.807) is 0 Å². The Labute approximate surface area is 113 Å². The van der Waals surface area contributed by atoms with Gasteiger partial charge in [0.25, 0.3) is 0 Å². The third kappa shape index (κ3) is 2.75. The third-order valence-corrected chi connectivity index (χ3v) is 5.23. The van der Waals surface area contributed by atoms with Crippen LogP contribution in [0.15, 0.2) is 0 Å². The SMILES string of the molecule is CC1CC(C)(C)CC(CN)(N2CCCCC2C)C1. The Morgan fingerprint density at radius 3 is 2.44 bits per heavy atom. The van der Waals surface area contributed by atoms with Gasteiger partial charge in [0.15, 0.2) is 0 Å². The zero-order valence-electron chi connectivity index (χ0n) is 12.8. The summed E-state index contributed by atoms with van der Waals surface area (Å²) in [7, 11) is 0. The Kier molecular flexibility index (Phi) is 4.08. The summed E-state index contributed by atoms with van der Waals surface area (Å²) >= 11 is 0. The second-order valence-corrected chi connectivity index (χ2v) is 7.82. The van der Waals surface area contributed by atoms with Crippen LogP contribution in [0.4, 0.5) is 0 Å². The molecule has 2 fully saturated rings. The summed E-state index contributed by atoms with van der Waals surface area (Å²) in [4.78, 5) is 2.77. The Morgan fingerprint density at radius 2 is 1.89 bits per heavy atom. The molecule has 1 saturated carbocycles. The summed E-state index contributed by atoms with van der Waals surface area (Å²) in [5.41, 5.74) is 7.00. The van der Waals surface area contributed by atoms with Crippen LogP contribution in [-0.2, 0) is 0 Å². The van der Waals surface area contributed by atoms with Crippen molar-refractivity contribution in [1.82, 2.24) is 4.90 Å². The van der Waals surface area contributed by atoms with Crippen molar-refractivity contribution in [3.63, 3.8) is 0 Å². The molecular formula is C16H32N2. The van der Waals surface area contributed by atoms with Crippen LogP contribution in [0.3, 0.4) is 0 Å². The molecule has 0 spiro atoms. The van der Waals surface area contributed by atoms with E-state index in [4.69, 9.17) is 5.73 Å². The molecule has 1 aliphatic heterocycles. The lowest BCUT2D eigenvalue weighted by Gasteiger charge is -2.56. The van der Waals surface area contributed by atoms with E-state index in [0.717, 1.165) is 18.5 Å². The van der Waals surface area contributed by atoms with Gasteiger partial charge in [-0.25, -0.2) is 0 Å². The van der Waals surface area contributed by atoms with Crippen molar-refractivity contribution in [1.29, 1.82) is 0 Å². The van der Waals surface area contributed by atoms with Gasteiger partial charge >= 0.3 is 0 Å². The summed E-state index contributed by atoms with van der Waals surface area (Å²) in [5, 5.41) is 0. The summed E-state index contributed by atoms with van der Waals surface area (Å²) in [6, 6.07) is 0.725. The number of nitrogens with two attached hydrogens (primary N) is 1. The van der Waals surface area contributed by atoms with Crippen LogP contribution in [0, 0.1) is 11.3 Å². The fraction of sp³-hybridized carbons (Fsp3) is 1.00. The van der Waals surface area contributed by atoms with Gasteiger partial charge in [-0.2, -0.15) is 0 Å². The second-order valence-electron chi connectivity index (χ2n) is 7.82. The molecule has 1 heterocycles. The van der Waals surface area contributed by atoms with Crippen molar-refractivity contribution >= 4 is 0 Å². The molecule has 2 heteroatoms. The maximum atomic E-state index is 6.27. The van der Waals surface area contributed by atoms with E-state index >= 15 is 0 Å². The molecule has 2 N–H and O–H groups in total. The van der Waals surface area contributed by atoms with Crippen LogP contribution in [-0.4, -0.2) is 29.6 Å². The summed E-state index contributed by atoms with van der Waals surface area (Å²) in [6.07, 6.45) is 8.06. The Balaban J connectivity index is 2.23. The first kappa shape index (κ1) is 14.3. The second kappa shape index (κ2) is 5.13. The van der Waals surface area contributed by atoms with Crippen LogP contribution >= 0.6 is 0 Å².